The molecule has 5 nitrogen and oxygen atoms in total. The zero-order valence-corrected chi connectivity index (χ0v) is 22.4. The lowest BCUT2D eigenvalue weighted by Gasteiger charge is -2.14. The predicted molar refractivity (Wildman–Crippen MR) is 156 cm³/mol. The summed E-state index contributed by atoms with van der Waals surface area (Å²) in [6.45, 7) is 0.772. The molecule has 5 rings (SSSR count). The third kappa shape index (κ3) is 7.13. The second-order valence-corrected chi connectivity index (χ2v) is 10.2. The van der Waals surface area contributed by atoms with E-state index in [0.717, 1.165) is 16.7 Å². The molecule has 0 spiro atoms. The Bertz CT molecular complexity index is 1740. The van der Waals surface area contributed by atoms with Gasteiger partial charge in [0.1, 0.15) is 13.2 Å². The lowest BCUT2D eigenvalue weighted by atomic mass is 10.1. The van der Waals surface area contributed by atoms with Gasteiger partial charge in [0.25, 0.3) is 5.56 Å². The van der Waals surface area contributed by atoms with Crippen LogP contribution in [0.15, 0.2) is 108 Å². The molecule has 39 heavy (non-hydrogen) atoms. The first-order chi connectivity index (χ1) is 19.0. The molecule has 194 valence electrons. The van der Waals surface area contributed by atoms with Crippen molar-refractivity contribution in [2.24, 2.45) is 0 Å². The zero-order valence-electron chi connectivity index (χ0n) is 20.8. The van der Waals surface area contributed by atoms with Gasteiger partial charge in [-0.1, -0.05) is 78.3 Å². The first-order valence-electron chi connectivity index (χ1n) is 12.2. The van der Waals surface area contributed by atoms with Crippen molar-refractivity contribution >= 4 is 40.9 Å². The summed E-state index contributed by atoms with van der Waals surface area (Å²) in [5, 5.41) is 0.552. The molecular weight excluding hydrogens is 530 g/mol. The summed E-state index contributed by atoms with van der Waals surface area (Å²) < 4.78 is 13.2. The van der Waals surface area contributed by atoms with Crippen LogP contribution in [0.5, 0.6) is 11.5 Å². The molecule has 1 aromatic heterocycles. The Morgan fingerprint density at radius 2 is 1.41 bits per heavy atom. The molecular formula is C32H24ClNO4S. The summed E-state index contributed by atoms with van der Waals surface area (Å²) >= 11 is 7.12. The minimum absolute atomic E-state index is 0.216. The largest absolute Gasteiger partial charge is 0.485 e. The normalized spacial score (nSPS) is 11.9. The van der Waals surface area contributed by atoms with Crippen LogP contribution in [0.2, 0.25) is 5.02 Å². The summed E-state index contributed by atoms with van der Waals surface area (Å²) in [6.07, 6.45) is 3.19. The molecule has 0 saturated carbocycles. The molecule has 0 amide bonds. The van der Waals surface area contributed by atoms with Gasteiger partial charge in [0, 0.05) is 16.7 Å². The maximum atomic E-state index is 12.6. The number of rotatable bonds is 9. The van der Waals surface area contributed by atoms with Crippen molar-refractivity contribution in [3.8, 4) is 11.5 Å². The molecule has 0 fully saturated rings. The Morgan fingerprint density at radius 1 is 0.795 bits per heavy atom. The third-order valence-electron chi connectivity index (χ3n) is 5.81. The second kappa shape index (κ2) is 12.4. The summed E-state index contributed by atoms with van der Waals surface area (Å²) in [4.78, 5) is 28.0. The van der Waals surface area contributed by atoms with Gasteiger partial charge in [-0.15, -0.1) is 11.3 Å². The summed E-state index contributed by atoms with van der Waals surface area (Å²) in [5.74, 6) is 0.961. The van der Waals surface area contributed by atoms with Crippen molar-refractivity contribution in [2.75, 3.05) is 0 Å². The van der Waals surface area contributed by atoms with E-state index in [0.29, 0.717) is 44.5 Å². The molecule has 0 saturated heterocycles. The minimum Gasteiger partial charge on any atom is -0.485 e. The number of carbonyl (C=O) groups is 1. The SMILES string of the molecule is O=C(C=c1[nH]c(=O)/c(=C\c2ccc(OCc3ccccc3)c(OCc3ccccc3)c2)s1)c1ccc(Cl)cc1. The van der Waals surface area contributed by atoms with Crippen LogP contribution in [-0.2, 0) is 13.2 Å². The lowest BCUT2D eigenvalue weighted by molar-refractivity contribution is 0.106. The van der Waals surface area contributed by atoms with Gasteiger partial charge >= 0.3 is 0 Å². The maximum absolute atomic E-state index is 12.6. The number of aromatic amines is 1. The van der Waals surface area contributed by atoms with Crippen LogP contribution in [0, 0.1) is 0 Å². The van der Waals surface area contributed by atoms with Crippen LogP contribution >= 0.6 is 22.9 Å². The highest BCUT2D eigenvalue weighted by Crippen LogP contribution is 2.30. The van der Waals surface area contributed by atoms with E-state index in [2.05, 4.69) is 4.98 Å². The van der Waals surface area contributed by atoms with E-state index in [4.69, 9.17) is 21.1 Å². The third-order valence-corrected chi connectivity index (χ3v) is 7.03. The molecule has 0 aliphatic heterocycles. The number of aromatic nitrogens is 1. The van der Waals surface area contributed by atoms with Gasteiger partial charge in [-0.3, -0.25) is 9.59 Å². The fraction of sp³-hybridized carbons (Fsp3) is 0.0625. The maximum Gasteiger partial charge on any atom is 0.266 e. The first kappa shape index (κ1) is 26.2. The van der Waals surface area contributed by atoms with Gasteiger partial charge < -0.3 is 14.5 Å². The summed E-state index contributed by atoms with van der Waals surface area (Å²) in [6, 6.07) is 32.0. The van der Waals surface area contributed by atoms with Crippen molar-refractivity contribution in [1.82, 2.24) is 4.98 Å². The Hall–Kier alpha value is -4.39. The molecule has 4 aromatic carbocycles. The number of thiazole rings is 1. The van der Waals surface area contributed by atoms with E-state index in [1.807, 2.05) is 78.9 Å². The number of ketones is 1. The molecule has 0 radical (unpaired) electrons. The van der Waals surface area contributed by atoms with E-state index >= 15 is 0 Å². The zero-order chi connectivity index (χ0) is 27.0. The highest BCUT2D eigenvalue weighted by molar-refractivity contribution is 7.07. The minimum atomic E-state index is -0.272. The van der Waals surface area contributed by atoms with E-state index in [1.54, 1.807) is 30.3 Å². The Labute approximate surface area is 234 Å². The Balaban J connectivity index is 1.42. The van der Waals surface area contributed by atoms with Crippen LogP contribution in [0.3, 0.4) is 0 Å². The van der Waals surface area contributed by atoms with Crippen molar-refractivity contribution < 1.29 is 14.3 Å². The van der Waals surface area contributed by atoms with Crippen LogP contribution < -0.4 is 24.2 Å². The summed E-state index contributed by atoms with van der Waals surface area (Å²) in [7, 11) is 0. The number of benzene rings is 4. The van der Waals surface area contributed by atoms with E-state index in [1.165, 1.54) is 17.4 Å². The van der Waals surface area contributed by atoms with Crippen LogP contribution in [0.25, 0.3) is 12.2 Å². The monoisotopic (exact) mass is 553 g/mol. The number of hydrogen-bond donors (Lipinski definition) is 1. The Morgan fingerprint density at radius 3 is 2.05 bits per heavy atom. The van der Waals surface area contributed by atoms with Crippen LogP contribution in [0.1, 0.15) is 27.0 Å². The second-order valence-electron chi connectivity index (χ2n) is 8.70. The number of hydrogen-bond acceptors (Lipinski definition) is 5. The molecule has 0 aliphatic rings. The standard InChI is InChI=1S/C32H24ClNO4S/c33-26-14-12-25(13-15-26)27(35)19-31-34-32(36)30(39-31)18-24-11-16-28(37-20-22-7-3-1-4-8-22)29(17-24)38-21-23-9-5-2-6-10-23/h1-19H,20-21H2,(H,34,36)/b30-18+,31-19?. The number of H-pyrrole nitrogens is 1. The molecule has 0 aliphatic carbocycles. The van der Waals surface area contributed by atoms with E-state index in [9.17, 15) is 9.59 Å². The molecule has 0 bridgehead atoms. The average molecular weight is 554 g/mol. The van der Waals surface area contributed by atoms with Crippen molar-refractivity contribution in [3.63, 3.8) is 0 Å². The van der Waals surface area contributed by atoms with Crippen LogP contribution in [-0.4, -0.2) is 10.8 Å². The number of Topliss-reactive ketones (excluding diaryl/α,β-unsaturated/α-hetero) is 1. The van der Waals surface area contributed by atoms with Gasteiger partial charge in [-0.2, -0.15) is 0 Å². The molecule has 0 atom stereocenters. The molecule has 5 aromatic rings. The highest BCUT2D eigenvalue weighted by atomic mass is 35.5. The van der Waals surface area contributed by atoms with Gasteiger partial charge in [0.2, 0.25) is 0 Å². The van der Waals surface area contributed by atoms with E-state index in [-0.39, 0.29) is 11.3 Å². The average Bonchev–Trinajstić information content (AvgIpc) is 3.30. The number of carbonyl (C=O) groups excluding carboxylic acids is 1. The quantitative estimate of drug-likeness (QED) is 0.236. The molecule has 1 heterocycles. The highest BCUT2D eigenvalue weighted by Gasteiger charge is 2.09. The van der Waals surface area contributed by atoms with Gasteiger partial charge in [0.15, 0.2) is 17.3 Å². The molecule has 7 heteroatoms. The van der Waals surface area contributed by atoms with Crippen molar-refractivity contribution in [1.29, 1.82) is 0 Å². The fourth-order valence-corrected chi connectivity index (χ4v) is 4.82. The van der Waals surface area contributed by atoms with Crippen LogP contribution in [0.4, 0.5) is 0 Å². The Kier molecular flexibility index (Phi) is 8.36. The smallest absolute Gasteiger partial charge is 0.266 e. The predicted octanol–water partition coefficient (Wildman–Crippen LogP) is 5.74. The fourth-order valence-electron chi connectivity index (χ4n) is 3.81. The number of nitrogens with one attached hydrogen (secondary N) is 1. The molecule has 0 unspecified atom stereocenters. The number of ether oxygens (including phenoxy) is 2. The van der Waals surface area contributed by atoms with Crippen molar-refractivity contribution in [2.45, 2.75) is 13.2 Å². The first-order valence-corrected chi connectivity index (χ1v) is 13.4. The van der Waals surface area contributed by atoms with E-state index < -0.39 is 0 Å². The van der Waals surface area contributed by atoms with Crippen molar-refractivity contribution in [3.05, 3.63) is 150 Å². The van der Waals surface area contributed by atoms with Gasteiger partial charge in [-0.05, 0) is 59.2 Å². The molecule has 1 N–H and O–H groups in total. The number of halogens is 1. The summed E-state index contributed by atoms with van der Waals surface area (Å²) in [5.41, 5.74) is 3.06. The van der Waals surface area contributed by atoms with Gasteiger partial charge in [-0.25, -0.2) is 0 Å². The van der Waals surface area contributed by atoms with Gasteiger partial charge in [0.05, 0.1) is 9.20 Å². The lowest BCUT2D eigenvalue weighted by Crippen LogP contribution is -2.20. The topological polar surface area (TPSA) is 68.4 Å².